The molecule has 1 aliphatic rings. The molecule has 3 rings (SSSR count). The summed E-state index contributed by atoms with van der Waals surface area (Å²) in [7, 11) is 0. The number of ether oxygens (including phenoxy) is 1. The van der Waals surface area contributed by atoms with E-state index in [0.29, 0.717) is 16.6 Å². The summed E-state index contributed by atoms with van der Waals surface area (Å²) in [5, 5.41) is 12.5. The van der Waals surface area contributed by atoms with Crippen LogP contribution >= 0.6 is 15.9 Å². The zero-order valence-electron chi connectivity index (χ0n) is 10.5. The SMILES string of the molecule is O=C(NC1COc2ccccc21)c1ccc(Br)c(O)c1. The molecule has 1 aliphatic heterocycles. The van der Waals surface area contributed by atoms with Crippen LogP contribution in [0.2, 0.25) is 0 Å². The standard InChI is InChI=1S/C15H12BrNO3/c16-11-6-5-9(7-13(11)18)15(19)17-12-8-20-14-4-2-1-3-10(12)14/h1-7,12,18H,8H2,(H,17,19). The van der Waals surface area contributed by atoms with Crippen LogP contribution in [-0.2, 0) is 0 Å². The van der Waals surface area contributed by atoms with Crippen molar-refractivity contribution in [2.75, 3.05) is 6.61 Å². The Kier molecular flexibility index (Phi) is 3.36. The molecule has 2 aromatic rings. The molecule has 0 bridgehead atoms. The van der Waals surface area contributed by atoms with Crippen LogP contribution in [0.3, 0.4) is 0 Å². The third-order valence-corrected chi connectivity index (χ3v) is 3.88. The molecule has 0 aromatic heterocycles. The second-order valence-corrected chi connectivity index (χ2v) is 5.40. The Morgan fingerprint density at radius 1 is 1.30 bits per heavy atom. The number of fused-ring (bicyclic) bond motifs is 1. The molecule has 0 saturated heterocycles. The molecular weight excluding hydrogens is 322 g/mol. The summed E-state index contributed by atoms with van der Waals surface area (Å²) in [4.78, 5) is 12.2. The van der Waals surface area contributed by atoms with Gasteiger partial charge in [0.05, 0.1) is 10.5 Å². The molecule has 1 amide bonds. The van der Waals surface area contributed by atoms with Crippen LogP contribution in [0.25, 0.3) is 0 Å². The predicted octanol–water partition coefficient (Wildman–Crippen LogP) is 3.02. The second kappa shape index (κ2) is 5.17. The number of halogens is 1. The topological polar surface area (TPSA) is 58.6 Å². The summed E-state index contributed by atoms with van der Waals surface area (Å²) < 4.78 is 6.08. The number of carbonyl (C=O) groups excluding carboxylic acids is 1. The molecular formula is C15H12BrNO3. The second-order valence-electron chi connectivity index (χ2n) is 4.54. The van der Waals surface area contributed by atoms with Gasteiger partial charge in [-0.15, -0.1) is 0 Å². The van der Waals surface area contributed by atoms with Gasteiger partial charge in [0.2, 0.25) is 0 Å². The van der Waals surface area contributed by atoms with Gasteiger partial charge in [0.25, 0.3) is 5.91 Å². The average Bonchev–Trinajstić information content (AvgIpc) is 2.85. The summed E-state index contributed by atoms with van der Waals surface area (Å²) in [5.74, 6) is 0.607. The molecule has 2 aromatic carbocycles. The molecule has 1 heterocycles. The molecule has 2 N–H and O–H groups in total. The first-order valence-electron chi connectivity index (χ1n) is 6.16. The van der Waals surface area contributed by atoms with E-state index in [0.717, 1.165) is 11.3 Å². The number of benzene rings is 2. The first-order valence-corrected chi connectivity index (χ1v) is 6.95. The van der Waals surface area contributed by atoms with Gasteiger partial charge in [-0.2, -0.15) is 0 Å². The molecule has 0 radical (unpaired) electrons. The number of carbonyl (C=O) groups is 1. The lowest BCUT2D eigenvalue weighted by molar-refractivity contribution is 0.0930. The minimum atomic E-state index is -0.238. The molecule has 1 atom stereocenters. The van der Waals surface area contributed by atoms with Crippen molar-refractivity contribution in [3.05, 3.63) is 58.1 Å². The van der Waals surface area contributed by atoms with Gasteiger partial charge >= 0.3 is 0 Å². The van der Waals surface area contributed by atoms with E-state index in [1.54, 1.807) is 12.1 Å². The molecule has 102 valence electrons. The molecule has 0 fully saturated rings. The highest BCUT2D eigenvalue weighted by Crippen LogP contribution is 2.32. The number of para-hydroxylation sites is 1. The Morgan fingerprint density at radius 3 is 2.90 bits per heavy atom. The first kappa shape index (κ1) is 13.0. The van der Waals surface area contributed by atoms with E-state index in [4.69, 9.17) is 4.74 Å². The Labute approximate surface area is 124 Å². The Bertz CT molecular complexity index is 672. The monoisotopic (exact) mass is 333 g/mol. The lowest BCUT2D eigenvalue weighted by Gasteiger charge is -2.12. The molecule has 4 nitrogen and oxygen atoms in total. The van der Waals surface area contributed by atoms with Gasteiger partial charge < -0.3 is 15.2 Å². The van der Waals surface area contributed by atoms with Crippen molar-refractivity contribution in [2.24, 2.45) is 0 Å². The van der Waals surface area contributed by atoms with E-state index in [2.05, 4.69) is 21.2 Å². The van der Waals surface area contributed by atoms with Gasteiger partial charge in [-0.3, -0.25) is 4.79 Å². The summed E-state index contributed by atoms with van der Waals surface area (Å²) in [6, 6.07) is 12.2. The fraction of sp³-hybridized carbons (Fsp3) is 0.133. The van der Waals surface area contributed by atoms with Gasteiger partial charge in [-0.05, 0) is 40.2 Å². The predicted molar refractivity (Wildman–Crippen MR) is 78.0 cm³/mol. The van der Waals surface area contributed by atoms with Gasteiger partial charge in [0.1, 0.15) is 18.1 Å². The fourth-order valence-electron chi connectivity index (χ4n) is 2.18. The number of phenolic OH excluding ortho intramolecular Hbond substituents is 1. The van der Waals surface area contributed by atoms with Crippen LogP contribution < -0.4 is 10.1 Å². The first-order chi connectivity index (χ1) is 9.65. The molecule has 0 saturated carbocycles. The van der Waals surface area contributed by atoms with Crippen LogP contribution in [0.15, 0.2) is 46.9 Å². The van der Waals surface area contributed by atoms with E-state index < -0.39 is 0 Å². The molecule has 5 heteroatoms. The summed E-state index contributed by atoms with van der Waals surface area (Å²) in [6.07, 6.45) is 0. The van der Waals surface area contributed by atoms with Crippen molar-refractivity contribution in [2.45, 2.75) is 6.04 Å². The van der Waals surface area contributed by atoms with E-state index in [9.17, 15) is 9.90 Å². The maximum atomic E-state index is 12.2. The molecule has 1 unspecified atom stereocenters. The highest BCUT2D eigenvalue weighted by atomic mass is 79.9. The van der Waals surface area contributed by atoms with Crippen LogP contribution in [0.1, 0.15) is 22.0 Å². The van der Waals surface area contributed by atoms with Crippen LogP contribution in [0, 0.1) is 0 Å². The average molecular weight is 334 g/mol. The summed E-state index contributed by atoms with van der Waals surface area (Å²) in [6.45, 7) is 0.424. The molecule has 0 spiro atoms. The normalized spacial score (nSPS) is 16.4. The quantitative estimate of drug-likeness (QED) is 0.888. The molecule has 20 heavy (non-hydrogen) atoms. The Hall–Kier alpha value is -2.01. The van der Waals surface area contributed by atoms with Crippen molar-refractivity contribution in [3.8, 4) is 11.5 Å². The van der Waals surface area contributed by atoms with Crippen LogP contribution in [0.5, 0.6) is 11.5 Å². The third kappa shape index (κ3) is 2.36. The molecule has 0 aliphatic carbocycles. The highest BCUT2D eigenvalue weighted by Gasteiger charge is 2.25. The van der Waals surface area contributed by atoms with Crippen LogP contribution in [-0.4, -0.2) is 17.6 Å². The fourth-order valence-corrected chi connectivity index (χ4v) is 2.42. The van der Waals surface area contributed by atoms with Crippen molar-refractivity contribution in [3.63, 3.8) is 0 Å². The van der Waals surface area contributed by atoms with Gasteiger partial charge in [0.15, 0.2) is 0 Å². The number of aromatic hydroxyl groups is 1. The minimum Gasteiger partial charge on any atom is -0.507 e. The van der Waals surface area contributed by atoms with E-state index >= 15 is 0 Å². The number of hydrogen-bond acceptors (Lipinski definition) is 3. The van der Waals surface area contributed by atoms with Gasteiger partial charge in [0, 0.05) is 11.1 Å². The Balaban J connectivity index is 1.79. The van der Waals surface area contributed by atoms with Crippen molar-refractivity contribution < 1.29 is 14.6 Å². The number of phenols is 1. The summed E-state index contributed by atoms with van der Waals surface area (Å²) >= 11 is 3.19. The number of amides is 1. The minimum absolute atomic E-state index is 0.0423. The zero-order chi connectivity index (χ0) is 14.1. The maximum absolute atomic E-state index is 12.2. The Morgan fingerprint density at radius 2 is 2.10 bits per heavy atom. The number of nitrogens with one attached hydrogen (secondary N) is 1. The third-order valence-electron chi connectivity index (χ3n) is 3.21. The van der Waals surface area contributed by atoms with Crippen molar-refractivity contribution >= 4 is 21.8 Å². The lowest BCUT2D eigenvalue weighted by atomic mass is 10.1. The van der Waals surface area contributed by atoms with Crippen molar-refractivity contribution in [1.29, 1.82) is 0 Å². The number of hydrogen-bond donors (Lipinski definition) is 2. The largest absolute Gasteiger partial charge is 0.507 e. The van der Waals surface area contributed by atoms with Crippen molar-refractivity contribution in [1.82, 2.24) is 5.32 Å². The van der Waals surface area contributed by atoms with E-state index in [-0.39, 0.29) is 17.7 Å². The smallest absolute Gasteiger partial charge is 0.252 e. The highest BCUT2D eigenvalue weighted by molar-refractivity contribution is 9.10. The van der Waals surface area contributed by atoms with E-state index in [1.807, 2.05) is 24.3 Å². The number of rotatable bonds is 2. The van der Waals surface area contributed by atoms with Crippen LogP contribution in [0.4, 0.5) is 0 Å². The van der Waals surface area contributed by atoms with Gasteiger partial charge in [-0.1, -0.05) is 18.2 Å². The van der Waals surface area contributed by atoms with E-state index in [1.165, 1.54) is 6.07 Å². The van der Waals surface area contributed by atoms with Gasteiger partial charge in [-0.25, -0.2) is 0 Å². The summed E-state index contributed by atoms with van der Waals surface area (Å²) in [5.41, 5.74) is 1.39. The lowest BCUT2D eigenvalue weighted by Crippen LogP contribution is -2.29. The zero-order valence-corrected chi connectivity index (χ0v) is 12.1. The maximum Gasteiger partial charge on any atom is 0.252 e.